The molecule has 168 valence electrons. The molecule has 1 heterocycles. The van der Waals surface area contributed by atoms with E-state index in [2.05, 4.69) is 10.5 Å². The molecule has 0 aliphatic rings. The first-order chi connectivity index (χ1) is 15.0. The van der Waals surface area contributed by atoms with E-state index >= 15 is 0 Å². The summed E-state index contributed by atoms with van der Waals surface area (Å²) in [6, 6.07) is 13.1. The van der Waals surface area contributed by atoms with E-state index in [1.165, 1.54) is 12.3 Å². The maximum atomic E-state index is 12.3. The average molecular weight is 515 g/mol. The minimum absolute atomic E-state index is 0.276. The van der Waals surface area contributed by atoms with Crippen molar-refractivity contribution in [2.24, 2.45) is 5.10 Å². The Kier molecular flexibility index (Phi) is 7.51. The van der Waals surface area contributed by atoms with Gasteiger partial charge in [0.15, 0.2) is 0 Å². The number of hydrogen-bond acceptors (Lipinski definition) is 5. The predicted octanol–water partition coefficient (Wildman–Crippen LogP) is 5.13. The van der Waals surface area contributed by atoms with Gasteiger partial charge in [-0.1, -0.05) is 40.9 Å². The van der Waals surface area contributed by atoms with E-state index in [1.54, 1.807) is 49.4 Å². The van der Waals surface area contributed by atoms with E-state index in [-0.39, 0.29) is 5.69 Å². The van der Waals surface area contributed by atoms with Crippen molar-refractivity contribution in [3.05, 3.63) is 74.9 Å². The van der Waals surface area contributed by atoms with Crippen LogP contribution in [-0.2, 0) is 14.8 Å². The van der Waals surface area contributed by atoms with E-state index in [4.69, 9.17) is 39.2 Å². The van der Waals surface area contributed by atoms with Gasteiger partial charge in [0.05, 0.1) is 23.2 Å². The molecule has 1 N–H and O–H groups in total. The molecule has 2 aromatic carbocycles. The Morgan fingerprint density at radius 2 is 1.84 bits per heavy atom. The second-order valence-electron chi connectivity index (χ2n) is 6.82. The molecule has 0 bridgehead atoms. The summed E-state index contributed by atoms with van der Waals surface area (Å²) in [5, 5.41) is 5.15. The smallest absolute Gasteiger partial charge is 0.260 e. The Bertz CT molecular complexity index is 1290. The summed E-state index contributed by atoms with van der Waals surface area (Å²) in [6.07, 6.45) is 2.29. The van der Waals surface area contributed by atoms with Crippen molar-refractivity contribution in [1.82, 2.24) is 5.43 Å². The lowest BCUT2D eigenvalue weighted by Crippen LogP contribution is -2.39. The van der Waals surface area contributed by atoms with Gasteiger partial charge in [-0.15, -0.1) is 0 Å². The highest BCUT2D eigenvalue weighted by atomic mass is 35.5. The van der Waals surface area contributed by atoms with Gasteiger partial charge >= 0.3 is 0 Å². The lowest BCUT2D eigenvalue weighted by molar-refractivity contribution is -0.119. The molecule has 0 aliphatic carbocycles. The van der Waals surface area contributed by atoms with E-state index in [0.29, 0.717) is 32.2 Å². The van der Waals surface area contributed by atoms with Gasteiger partial charge in [-0.2, -0.15) is 5.10 Å². The van der Waals surface area contributed by atoms with Crippen LogP contribution in [0.3, 0.4) is 0 Å². The number of amides is 1. The first-order valence-electron chi connectivity index (χ1n) is 9.15. The molecular weight excluding hydrogens is 497 g/mol. The topological polar surface area (TPSA) is 92.0 Å². The van der Waals surface area contributed by atoms with Gasteiger partial charge in [-0.05, 0) is 55.0 Å². The maximum Gasteiger partial charge on any atom is 0.260 e. The highest BCUT2D eigenvalue weighted by molar-refractivity contribution is 7.92. The minimum Gasteiger partial charge on any atom is -0.455 e. The molecule has 7 nitrogen and oxygen atoms in total. The lowest BCUT2D eigenvalue weighted by atomic mass is 10.2. The van der Waals surface area contributed by atoms with Crippen molar-refractivity contribution in [3.8, 4) is 11.3 Å². The number of rotatable bonds is 7. The SMILES string of the molecule is Cc1ccc(N(CC(=O)N/N=C\c2ccc(-c3ccc(Cl)cc3Cl)o2)S(C)(=O)=O)cc1Cl. The van der Waals surface area contributed by atoms with Gasteiger partial charge < -0.3 is 4.42 Å². The molecule has 0 fully saturated rings. The molecule has 0 spiro atoms. The summed E-state index contributed by atoms with van der Waals surface area (Å²) in [6.45, 7) is 1.32. The van der Waals surface area contributed by atoms with Crippen molar-refractivity contribution < 1.29 is 17.6 Å². The number of sulfonamides is 1. The Morgan fingerprint density at radius 1 is 1.09 bits per heavy atom. The maximum absolute atomic E-state index is 12.3. The highest BCUT2D eigenvalue weighted by Crippen LogP contribution is 2.31. The lowest BCUT2D eigenvalue weighted by Gasteiger charge is -2.21. The molecular formula is C21H18Cl3N3O4S. The number of nitrogens with one attached hydrogen (secondary N) is 1. The molecule has 0 saturated carbocycles. The largest absolute Gasteiger partial charge is 0.455 e. The first-order valence-corrected chi connectivity index (χ1v) is 12.1. The molecule has 0 saturated heterocycles. The Balaban J connectivity index is 1.68. The zero-order valence-electron chi connectivity index (χ0n) is 17.0. The number of hydrogen-bond donors (Lipinski definition) is 1. The molecule has 1 amide bonds. The van der Waals surface area contributed by atoms with Crippen LogP contribution in [0.2, 0.25) is 15.1 Å². The molecule has 1 aromatic heterocycles. The van der Waals surface area contributed by atoms with Crippen molar-refractivity contribution in [2.75, 3.05) is 17.1 Å². The second-order valence-corrected chi connectivity index (χ2v) is 9.98. The number of benzene rings is 2. The number of nitrogens with zero attached hydrogens (tertiary/aromatic N) is 2. The molecule has 3 aromatic rings. The standard InChI is InChI=1S/C21H18Cl3N3O4S/c1-13-3-5-15(10-18(13)23)27(32(2,29)30)12-21(28)26-25-11-16-6-8-20(31-16)17-7-4-14(22)9-19(17)24/h3-11H,12H2,1-2H3,(H,26,28)/b25-11-. The van der Waals surface area contributed by atoms with Crippen LogP contribution >= 0.6 is 34.8 Å². The Morgan fingerprint density at radius 3 is 2.50 bits per heavy atom. The first kappa shape index (κ1) is 24.1. The zero-order valence-corrected chi connectivity index (χ0v) is 20.1. The third kappa shape index (κ3) is 6.04. The van der Waals surface area contributed by atoms with Crippen LogP contribution in [0.4, 0.5) is 5.69 Å². The molecule has 0 unspecified atom stereocenters. The van der Waals surface area contributed by atoms with Crippen LogP contribution in [-0.4, -0.2) is 33.3 Å². The fourth-order valence-electron chi connectivity index (χ4n) is 2.73. The summed E-state index contributed by atoms with van der Waals surface area (Å²) in [4.78, 5) is 12.3. The fraction of sp³-hybridized carbons (Fsp3) is 0.143. The number of hydrazone groups is 1. The number of anilines is 1. The van der Waals surface area contributed by atoms with E-state index in [9.17, 15) is 13.2 Å². The summed E-state index contributed by atoms with van der Waals surface area (Å²) < 4.78 is 30.9. The molecule has 3 rings (SSSR count). The molecule has 0 atom stereocenters. The third-order valence-electron chi connectivity index (χ3n) is 4.34. The van der Waals surface area contributed by atoms with Crippen molar-refractivity contribution in [3.63, 3.8) is 0 Å². The van der Waals surface area contributed by atoms with E-state index < -0.39 is 22.5 Å². The normalized spacial score (nSPS) is 11.7. The quantitative estimate of drug-likeness (QED) is 0.349. The van der Waals surface area contributed by atoms with Crippen LogP contribution < -0.4 is 9.73 Å². The van der Waals surface area contributed by atoms with Crippen LogP contribution in [0.25, 0.3) is 11.3 Å². The molecule has 11 heteroatoms. The van der Waals surface area contributed by atoms with Gasteiger partial charge in [-0.3, -0.25) is 9.10 Å². The van der Waals surface area contributed by atoms with Gasteiger partial charge in [0.1, 0.15) is 18.1 Å². The van der Waals surface area contributed by atoms with Gasteiger partial charge in [0.2, 0.25) is 10.0 Å². The van der Waals surface area contributed by atoms with E-state index in [1.807, 2.05) is 0 Å². The number of halogens is 3. The van der Waals surface area contributed by atoms with Gasteiger partial charge in [0.25, 0.3) is 5.91 Å². The molecule has 0 radical (unpaired) electrons. The zero-order chi connectivity index (χ0) is 23.5. The van der Waals surface area contributed by atoms with Crippen LogP contribution in [0.5, 0.6) is 0 Å². The fourth-order valence-corrected chi connectivity index (χ4v) is 4.25. The van der Waals surface area contributed by atoms with Crippen molar-refractivity contribution in [1.29, 1.82) is 0 Å². The number of aryl methyl sites for hydroxylation is 1. The summed E-state index contributed by atoms with van der Waals surface area (Å²) in [7, 11) is -3.73. The third-order valence-corrected chi connectivity index (χ3v) is 6.43. The summed E-state index contributed by atoms with van der Waals surface area (Å²) in [5.41, 5.74) is 4.00. The minimum atomic E-state index is -3.73. The molecule has 0 aliphatic heterocycles. The van der Waals surface area contributed by atoms with Crippen LogP contribution in [0, 0.1) is 6.92 Å². The van der Waals surface area contributed by atoms with Crippen molar-refractivity contribution in [2.45, 2.75) is 6.92 Å². The summed E-state index contributed by atoms with van der Waals surface area (Å²) in [5.74, 6) is 0.214. The van der Waals surface area contributed by atoms with Crippen LogP contribution in [0.15, 0.2) is 58.0 Å². The Labute approximate surface area is 200 Å². The predicted molar refractivity (Wildman–Crippen MR) is 128 cm³/mol. The number of carbonyl (C=O) groups is 1. The van der Waals surface area contributed by atoms with Crippen molar-refractivity contribution >= 4 is 62.6 Å². The van der Waals surface area contributed by atoms with Gasteiger partial charge in [0, 0.05) is 15.6 Å². The number of furan rings is 1. The van der Waals surface area contributed by atoms with Gasteiger partial charge in [-0.25, -0.2) is 13.8 Å². The Hall–Kier alpha value is -2.52. The average Bonchev–Trinajstić information content (AvgIpc) is 3.16. The number of carbonyl (C=O) groups excluding carboxylic acids is 1. The summed E-state index contributed by atoms with van der Waals surface area (Å²) >= 11 is 18.2. The highest BCUT2D eigenvalue weighted by Gasteiger charge is 2.21. The van der Waals surface area contributed by atoms with Crippen LogP contribution in [0.1, 0.15) is 11.3 Å². The molecule has 32 heavy (non-hydrogen) atoms. The second kappa shape index (κ2) is 9.95. The van der Waals surface area contributed by atoms with E-state index in [0.717, 1.165) is 16.1 Å². The monoisotopic (exact) mass is 513 g/mol.